The van der Waals surface area contributed by atoms with Crippen LogP contribution in [0.4, 0.5) is 5.69 Å². The number of fused-ring (bicyclic) bond motifs is 2. The van der Waals surface area contributed by atoms with Crippen molar-refractivity contribution in [3.05, 3.63) is 98.9 Å². The molecule has 0 radical (unpaired) electrons. The first-order chi connectivity index (χ1) is 16.1. The van der Waals surface area contributed by atoms with E-state index in [1.165, 1.54) is 34.9 Å². The lowest BCUT2D eigenvalue weighted by Crippen LogP contribution is -2.26. The first kappa shape index (κ1) is 22.8. The summed E-state index contributed by atoms with van der Waals surface area (Å²) in [4.78, 5) is 14.4. The predicted molar refractivity (Wildman–Crippen MR) is 138 cm³/mol. The molecular formula is C30H33NO2. The molecule has 0 aromatic heterocycles. The van der Waals surface area contributed by atoms with Crippen molar-refractivity contribution in [2.75, 3.05) is 18.0 Å². The van der Waals surface area contributed by atoms with Crippen LogP contribution in [-0.2, 0) is 6.42 Å². The summed E-state index contributed by atoms with van der Waals surface area (Å²) in [5.41, 5.74) is 7.03. The molecule has 33 heavy (non-hydrogen) atoms. The molecule has 0 spiro atoms. The molecule has 0 bridgehead atoms. The van der Waals surface area contributed by atoms with Gasteiger partial charge in [0.25, 0.3) is 0 Å². The number of hydrogen-bond donors (Lipinski definition) is 1. The van der Waals surface area contributed by atoms with E-state index in [4.69, 9.17) is 0 Å². The Morgan fingerprint density at radius 1 is 0.939 bits per heavy atom. The molecule has 0 amide bonds. The summed E-state index contributed by atoms with van der Waals surface area (Å²) in [5.74, 6) is -0.893. The molecule has 0 heterocycles. The summed E-state index contributed by atoms with van der Waals surface area (Å²) in [6, 6.07) is 20.7. The van der Waals surface area contributed by atoms with E-state index in [0.29, 0.717) is 5.56 Å². The highest BCUT2D eigenvalue weighted by atomic mass is 16.4. The van der Waals surface area contributed by atoms with Crippen LogP contribution in [0.15, 0.2) is 60.7 Å². The Morgan fingerprint density at radius 3 is 2.45 bits per heavy atom. The van der Waals surface area contributed by atoms with E-state index in [9.17, 15) is 9.90 Å². The average molecular weight is 440 g/mol. The van der Waals surface area contributed by atoms with Crippen molar-refractivity contribution in [2.24, 2.45) is 0 Å². The third kappa shape index (κ3) is 4.59. The minimum Gasteiger partial charge on any atom is -0.478 e. The van der Waals surface area contributed by atoms with Crippen LogP contribution in [0.3, 0.4) is 0 Å². The van der Waals surface area contributed by atoms with Crippen molar-refractivity contribution < 1.29 is 9.90 Å². The van der Waals surface area contributed by atoms with E-state index in [0.717, 1.165) is 47.8 Å². The minimum atomic E-state index is -0.893. The molecule has 3 aromatic rings. The van der Waals surface area contributed by atoms with Gasteiger partial charge in [0.1, 0.15) is 0 Å². The van der Waals surface area contributed by atoms with Gasteiger partial charge in [0.05, 0.1) is 5.56 Å². The second kappa shape index (κ2) is 10.1. The Morgan fingerprint density at radius 2 is 1.73 bits per heavy atom. The van der Waals surface area contributed by atoms with Crippen LogP contribution in [-0.4, -0.2) is 24.2 Å². The summed E-state index contributed by atoms with van der Waals surface area (Å²) in [6.45, 7) is 8.49. The van der Waals surface area contributed by atoms with Gasteiger partial charge >= 0.3 is 5.97 Å². The monoisotopic (exact) mass is 439 g/mol. The smallest absolute Gasteiger partial charge is 0.336 e. The Hall–Kier alpha value is -3.33. The second-order valence-electron chi connectivity index (χ2n) is 8.68. The summed E-state index contributed by atoms with van der Waals surface area (Å²) >= 11 is 0. The van der Waals surface area contributed by atoms with Gasteiger partial charge in [0.2, 0.25) is 0 Å². The Balaban J connectivity index is 1.98. The highest BCUT2D eigenvalue weighted by Crippen LogP contribution is 2.33. The maximum atomic E-state index is 12.1. The SMILES string of the molecule is CCCC/C=c1/ccc2c(c1)Cc1cc(N(CC)CC)ccc1C=2c1ccccc1C(=O)O. The van der Waals surface area contributed by atoms with Crippen molar-refractivity contribution in [1.82, 2.24) is 0 Å². The van der Waals surface area contributed by atoms with Gasteiger partial charge in [0.15, 0.2) is 0 Å². The van der Waals surface area contributed by atoms with Gasteiger partial charge in [-0.15, -0.1) is 0 Å². The molecule has 0 saturated carbocycles. The number of anilines is 1. The molecule has 4 rings (SSSR count). The number of rotatable bonds is 8. The number of unbranched alkanes of at least 4 members (excludes halogenated alkanes) is 2. The summed E-state index contributed by atoms with van der Waals surface area (Å²) in [5, 5.41) is 12.3. The standard InChI is InChI=1S/C30H33NO2/c1-4-7-8-11-21-14-16-25-22(18-21)19-23-20-24(31(5-2)6-3)15-17-26(23)29(25)27-12-9-10-13-28(27)30(32)33/h9-18,20H,4-8,19H2,1-3H3,(H,32,33)/b21-11-. The van der Waals surface area contributed by atoms with Crippen molar-refractivity contribution in [3.8, 4) is 0 Å². The fraction of sp³-hybridized carbons (Fsp3) is 0.300. The highest BCUT2D eigenvalue weighted by molar-refractivity contribution is 5.97. The topological polar surface area (TPSA) is 40.5 Å². The number of hydrogen-bond acceptors (Lipinski definition) is 2. The zero-order valence-corrected chi connectivity index (χ0v) is 19.9. The molecule has 0 atom stereocenters. The van der Waals surface area contributed by atoms with Crippen LogP contribution >= 0.6 is 0 Å². The van der Waals surface area contributed by atoms with E-state index in [2.05, 4.69) is 68.1 Å². The van der Waals surface area contributed by atoms with E-state index in [-0.39, 0.29) is 0 Å². The molecule has 1 aliphatic rings. The molecule has 1 aliphatic carbocycles. The normalized spacial score (nSPS) is 12.9. The summed E-state index contributed by atoms with van der Waals surface area (Å²) < 4.78 is 0. The number of benzene rings is 3. The van der Waals surface area contributed by atoms with Crippen LogP contribution in [0, 0.1) is 0 Å². The van der Waals surface area contributed by atoms with Crippen LogP contribution in [0.5, 0.6) is 0 Å². The quantitative estimate of drug-likeness (QED) is 0.376. The number of carbonyl (C=O) groups is 1. The van der Waals surface area contributed by atoms with Crippen molar-refractivity contribution in [1.29, 1.82) is 0 Å². The zero-order chi connectivity index (χ0) is 23.4. The summed E-state index contributed by atoms with van der Waals surface area (Å²) in [6.07, 6.45) is 6.63. The molecule has 0 saturated heterocycles. The van der Waals surface area contributed by atoms with Crippen LogP contribution < -0.4 is 15.3 Å². The van der Waals surface area contributed by atoms with Gasteiger partial charge in [-0.1, -0.05) is 68.3 Å². The van der Waals surface area contributed by atoms with E-state index in [1.54, 1.807) is 12.1 Å². The van der Waals surface area contributed by atoms with E-state index in [1.807, 2.05) is 12.1 Å². The van der Waals surface area contributed by atoms with E-state index >= 15 is 0 Å². The maximum absolute atomic E-state index is 12.1. The Kier molecular flexibility index (Phi) is 6.98. The average Bonchev–Trinajstić information content (AvgIpc) is 2.83. The number of aromatic carboxylic acids is 1. The molecule has 1 N–H and O–H groups in total. The van der Waals surface area contributed by atoms with Gasteiger partial charge < -0.3 is 10.0 Å². The maximum Gasteiger partial charge on any atom is 0.336 e. The van der Waals surface area contributed by atoms with E-state index < -0.39 is 5.97 Å². The van der Waals surface area contributed by atoms with Crippen molar-refractivity contribution >= 4 is 23.3 Å². The predicted octanol–water partition coefficient (Wildman–Crippen LogP) is 5.35. The van der Waals surface area contributed by atoms with Crippen LogP contribution in [0.1, 0.15) is 72.6 Å². The van der Waals surface area contributed by atoms with Gasteiger partial charge in [-0.25, -0.2) is 4.79 Å². The highest BCUT2D eigenvalue weighted by Gasteiger charge is 2.22. The molecule has 170 valence electrons. The van der Waals surface area contributed by atoms with Gasteiger partial charge in [0, 0.05) is 18.8 Å². The molecule has 3 aromatic carbocycles. The molecule has 0 unspecified atom stereocenters. The van der Waals surface area contributed by atoms with Crippen molar-refractivity contribution in [3.63, 3.8) is 0 Å². The van der Waals surface area contributed by atoms with Crippen LogP contribution in [0.2, 0.25) is 0 Å². The number of nitrogens with zero attached hydrogens (tertiary/aromatic N) is 1. The molecule has 0 fully saturated rings. The zero-order valence-electron chi connectivity index (χ0n) is 19.9. The molecule has 3 heteroatoms. The first-order valence-corrected chi connectivity index (χ1v) is 12.1. The molecule has 0 aliphatic heterocycles. The lowest BCUT2D eigenvalue weighted by molar-refractivity contribution is 0.0696. The Labute approximate surface area is 196 Å². The van der Waals surface area contributed by atoms with Gasteiger partial charge in [-0.2, -0.15) is 0 Å². The molecule has 3 nitrogen and oxygen atoms in total. The largest absolute Gasteiger partial charge is 0.478 e. The lowest BCUT2D eigenvalue weighted by Gasteiger charge is -2.26. The van der Waals surface area contributed by atoms with Crippen LogP contribution in [0.25, 0.3) is 11.6 Å². The number of carboxylic acid groups (broad SMARTS) is 1. The third-order valence-electron chi connectivity index (χ3n) is 6.63. The lowest BCUT2D eigenvalue weighted by atomic mass is 9.81. The fourth-order valence-corrected chi connectivity index (χ4v) is 4.89. The molecular weight excluding hydrogens is 406 g/mol. The van der Waals surface area contributed by atoms with Gasteiger partial charge in [-0.05, 0) is 83.2 Å². The Bertz CT molecular complexity index is 1280. The first-order valence-electron chi connectivity index (χ1n) is 12.1. The van der Waals surface area contributed by atoms with Gasteiger partial charge in [-0.3, -0.25) is 0 Å². The fourth-order valence-electron chi connectivity index (χ4n) is 4.89. The third-order valence-corrected chi connectivity index (χ3v) is 6.63. The summed E-state index contributed by atoms with van der Waals surface area (Å²) in [7, 11) is 0. The number of carboxylic acids is 1. The second-order valence-corrected chi connectivity index (χ2v) is 8.68. The van der Waals surface area contributed by atoms with Crippen molar-refractivity contribution in [2.45, 2.75) is 46.5 Å². The minimum absolute atomic E-state index is 0.345.